The minimum absolute atomic E-state index is 0. The van der Waals surface area contributed by atoms with E-state index in [1.54, 1.807) is 40.8 Å². The number of carbonyl (C=O) groups excluding carboxylic acids is 2. The fraction of sp³-hybridized carbons (Fsp3) is 0.350. The highest BCUT2D eigenvalue weighted by atomic mass is 32.2. The van der Waals surface area contributed by atoms with Gasteiger partial charge in [-0.1, -0.05) is 86.4 Å². The van der Waals surface area contributed by atoms with Crippen LogP contribution >= 0.6 is 0 Å². The molecule has 2 aromatic heterocycles. The second kappa shape index (κ2) is 17.6. The molecule has 6 rings (SSSR count). The van der Waals surface area contributed by atoms with Crippen LogP contribution in [0.4, 0.5) is 5.69 Å². The Morgan fingerprint density at radius 3 is 2.32 bits per heavy atom. The van der Waals surface area contributed by atoms with Gasteiger partial charge in [-0.05, 0) is 68.5 Å². The normalized spacial score (nSPS) is 14.3. The van der Waals surface area contributed by atoms with Gasteiger partial charge in [-0.3, -0.25) is 9.59 Å². The highest BCUT2D eigenvalue weighted by molar-refractivity contribution is 7.86. The fourth-order valence-electron chi connectivity index (χ4n) is 6.62. The minimum Gasteiger partial charge on any atom is -0.412 e. The summed E-state index contributed by atoms with van der Waals surface area (Å²) in [6.07, 6.45) is 4.25. The first kappa shape index (κ1) is 39.1. The SMILES string of the molecule is CCCCN(CCCC)C(=O)c1cc(C)n(-c2ccc(NS(=O)c3c(-c4ccccc4)noc3C)cc2C(=O)N2Cc3ccccc3C[C@H]2CO)n1.O. The van der Waals surface area contributed by atoms with Gasteiger partial charge in [-0.15, -0.1) is 0 Å². The van der Waals surface area contributed by atoms with Crippen molar-refractivity contribution in [1.82, 2.24) is 24.7 Å². The monoisotopic (exact) mass is 740 g/mol. The molecule has 3 heterocycles. The fourth-order valence-corrected chi connectivity index (χ4v) is 7.69. The Morgan fingerprint density at radius 2 is 1.64 bits per heavy atom. The Hall–Kier alpha value is -5.11. The van der Waals surface area contributed by atoms with Crippen LogP contribution in [0.3, 0.4) is 0 Å². The van der Waals surface area contributed by atoms with Gasteiger partial charge in [0.25, 0.3) is 11.8 Å². The molecule has 2 amide bonds. The van der Waals surface area contributed by atoms with E-state index in [0.717, 1.165) is 42.4 Å². The molecule has 0 aliphatic carbocycles. The van der Waals surface area contributed by atoms with Crippen molar-refractivity contribution in [1.29, 1.82) is 0 Å². The smallest absolute Gasteiger partial charge is 0.274 e. The van der Waals surface area contributed by atoms with Crippen LogP contribution in [0.5, 0.6) is 0 Å². The topological polar surface area (TPSA) is 165 Å². The molecule has 12 nitrogen and oxygen atoms in total. The Morgan fingerprint density at radius 1 is 0.962 bits per heavy atom. The number of fused-ring (bicyclic) bond motifs is 1. The van der Waals surface area contributed by atoms with Gasteiger partial charge in [0.2, 0.25) is 0 Å². The number of rotatable bonds is 14. The van der Waals surface area contributed by atoms with Gasteiger partial charge < -0.3 is 29.6 Å². The van der Waals surface area contributed by atoms with Crippen molar-refractivity contribution in [2.24, 2.45) is 0 Å². The summed E-state index contributed by atoms with van der Waals surface area (Å²) >= 11 is 0. The molecule has 5 aromatic rings. The van der Waals surface area contributed by atoms with E-state index >= 15 is 0 Å². The molecule has 0 saturated carbocycles. The first-order valence-electron chi connectivity index (χ1n) is 17.9. The summed E-state index contributed by atoms with van der Waals surface area (Å²) in [6.45, 7) is 9.18. The molecule has 1 aliphatic heterocycles. The highest BCUT2D eigenvalue weighted by Crippen LogP contribution is 2.32. The van der Waals surface area contributed by atoms with Crippen molar-refractivity contribution in [3.05, 3.63) is 113 Å². The molecule has 53 heavy (non-hydrogen) atoms. The molecule has 3 aromatic carbocycles. The number of aliphatic hydroxyl groups excluding tert-OH is 1. The van der Waals surface area contributed by atoms with E-state index in [0.29, 0.717) is 65.2 Å². The third-order valence-corrected chi connectivity index (χ3v) is 10.8. The molecule has 1 aliphatic rings. The number of hydrogen-bond donors (Lipinski definition) is 2. The van der Waals surface area contributed by atoms with Crippen LogP contribution < -0.4 is 4.72 Å². The summed E-state index contributed by atoms with van der Waals surface area (Å²) in [7, 11) is -1.80. The quantitative estimate of drug-likeness (QED) is 0.140. The Balaban J connectivity index is 0.00000541. The second-order valence-electron chi connectivity index (χ2n) is 13.2. The number of aliphatic hydroxyl groups is 1. The van der Waals surface area contributed by atoms with E-state index in [4.69, 9.17) is 9.62 Å². The number of anilines is 1. The molecule has 280 valence electrons. The maximum atomic E-state index is 14.7. The van der Waals surface area contributed by atoms with Crippen molar-refractivity contribution < 1.29 is 28.9 Å². The van der Waals surface area contributed by atoms with Gasteiger partial charge in [0, 0.05) is 36.6 Å². The van der Waals surface area contributed by atoms with Crippen LogP contribution in [0, 0.1) is 13.8 Å². The molecule has 4 N–H and O–H groups in total. The lowest BCUT2D eigenvalue weighted by atomic mass is 9.93. The van der Waals surface area contributed by atoms with Gasteiger partial charge in [0.15, 0.2) is 22.4 Å². The zero-order chi connectivity index (χ0) is 36.8. The first-order valence-corrected chi connectivity index (χ1v) is 19.1. The van der Waals surface area contributed by atoms with Crippen LogP contribution in [0.15, 0.2) is 88.3 Å². The van der Waals surface area contributed by atoms with E-state index in [2.05, 4.69) is 23.7 Å². The van der Waals surface area contributed by atoms with Gasteiger partial charge in [-0.2, -0.15) is 5.10 Å². The van der Waals surface area contributed by atoms with E-state index in [1.807, 2.05) is 66.4 Å². The second-order valence-corrected chi connectivity index (χ2v) is 14.4. The van der Waals surface area contributed by atoms with Crippen molar-refractivity contribution in [3.8, 4) is 16.9 Å². The Labute approximate surface area is 312 Å². The highest BCUT2D eigenvalue weighted by Gasteiger charge is 2.32. The molecular weight excluding hydrogens is 693 g/mol. The molecule has 0 bridgehead atoms. The van der Waals surface area contributed by atoms with Crippen LogP contribution in [0.1, 0.15) is 83.0 Å². The molecule has 0 saturated heterocycles. The number of nitrogens with zero attached hydrogens (tertiary/aromatic N) is 5. The third-order valence-electron chi connectivity index (χ3n) is 9.49. The molecule has 0 fully saturated rings. The number of amides is 2. The summed E-state index contributed by atoms with van der Waals surface area (Å²) in [5.41, 5.74) is 5.50. The lowest BCUT2D eigenvalue weighted by Crippen LogP contribution is -2.46. The number of benzene rings is 3. The molecule has 13 heteroatoms. The average Bonchev–Trinajstić information content (AvgIpc) is 3.76. The summed E-state index contributed by atoms with van der Waals surface area (Å²) < 4.78 is 24.1. The number of hydrogen-bond acceptors (Lipinski definition) is 7. The number of aryl methyl sites for hydroxylation is 2. The third kappa shape index (κ3) is 8.43. The lowest BCUT2D eigenvalue weighted by molar-refractivity contribution is 0.0544. The van der Waals surface area contributed by atoms with Crippen LogP contribution in [-0.2, 0) is 24.0 Å². The maximum Gasteiger partial charge on any atom is 0.274 e. The molecule has 0 spiro atoms. The summed E-state index contributed by atoms with van der Waals surface area (Å²) in [6, 6.07) is 23.8. The first-order chi connectivity index (χ1) is 25.2. The van der Waals surface area contributed by atoms with Crippen molar-refractivity contribution in [2.75, 3.05) is 24.4 Å². The Bertz CT molecular complexity index is 2050. The van der Waals surface area contributed by atoms with E-state index in [-0.39, 0.29) is 29.5 Å². The van der Waals surface area contributed by atoms with E-state index in [1.165, 1.54) is 0 Å². The summed E-state index contributed by atoms with van der Waals surface area (Å²) in [5, 5.41) is 19.4. The zero-order valence-corrected chi connectivity index (χ0v) is 31.5. The number of nitrogens with one attached hydrogen (secondary N) is 1. The number of aromatic nitrogens is 3. The van der Waals surface area contributed by atoms with Gasteiger partial charge in [-0.25, -0.2) is 8.89 Å². The van der Waals surface area contributed by atoms with Crippen LogP contribution in [0.25, 0.3) is 16.9 Å². The van der Waals surface area contributed by atoms with Gasteiger partial charge in [0.05, 0.1) is 23.9 Å². The molecular formula is C40H48N6O6S. The largest absolute Gasteiger partial charge is 0.412 e. The maximum absolute atomic E-state index is 14.7. The zero-order valence-electron chi connectivity index (χ0n) is 30.7. The summed E-state index contributed by atoms with van der Waals surface area (Å²) in [4.78, 5) is 32.4. The number of unbranched alkanes of at least 4 members (excludes halogenated alkanes) is 2. The predicted octanol–water partition coefficient (Wildman–Crippen LogP) is 6.06. The number of carbonyl (C=O) groups is 2. The van der Waals surface area contributed by atoms with Crippen molar-refractivity contribution in [3.63, 3.8) is 0 Å². The standard InChI is InChI=1S/C40H46N6O5S.H2O/c1-5-7-20-44(21-8-6-2)40(49)35-22-27(3)46(41-35)36-19-18-32(43-52(50)38-28(4)51-42-37(38)29-14-10-9-11-15-29)24-34(36)39(48)45-25-31-17-13-12-16-30(31)23-33(45)26-47;/h9-19,22,24,33,43,47H,5-8,20-21,23,25-26H2,1-4H3;1H2/t33-,52?;/m0./s1. The molecule has 0 radical (unpaired) electrons. The van der Waals surface area contributed by atoms with Crippen molar-refractivity contribution in [2.45, 2.75) is 77.3 Å². The molecule has 1 unspecified atom stereocenters. The van der Waals surface area contributed by atoms with Crippen LogP contribution in [-0.4, -0.2) is 77.1 Å². The minimum atomic E-state index is -1.80. The van der Waals surface area contributed by atoms with Gasteiger partial charge >= 0.3 is 0 Å². The van der Waals surface area contributed by atoms with E-state index in [9.17, 15) is 18.9 Å². The van der Waals surface area contributed by atoms with Crippen molar-refractivity contribution >= 4 is 28.5 Å². The lowest BCUT2D eigenvalue weighted by Gasteiger charge is -2.36. The molecule has 2 atom stereocenters. The van der Waals surface area contributed by atoms with E-state index < -0.39 is 17.0 Å². The summed E-state index contributed by atoms with van der Waals surface area (Å²) in [5.74, 6) is -0.0531. The average molecular weight is 741 g/mol. The predicted molar refractivity (Wildman–Crippen MR) is 205 cm³/mol. The van der Waals surface area contributed by atoms with Gasteiger partial charge in [0.1, 0.15) is 10.6 Å². The van der Waals surface area contributed by atoms with Crippen LogP contribution in [0.2, 0.25) is 0 Å². The Kier molecular flexibility index (Phi) is 13.0.